The molecule has 0 radical (unpaired) electrons. The third kappa shape index (κ3) is 4.71. The van der Waals surface area contributed by atoms with Gasteiger partial charge in [0.25, 0.3) is 5.91 Å². The lowest BCUT2D eigenvalue weighted by molar-refractivity contribution is -0.111. The first-order valence-corrected chi connectivity index (χ1v) is 10.6. The number of hydrogen-bond acceptors (Lipinski definition) is 3. The van der Waals surface area contributed by atoms with Gasteiger partial charge in [-0.25, -0.2) is 0 Å². The van der Waals surface area contributed by atoms with Gasteiger partial charge < -0.3 is 11.1 Å². The van der Waals surface area contributed by atoms with Crippen LogP contribution in [0, 0.1) is 0 Å². The lowest BCUT2D eigenvalue weighted by atomic mass is 9.87. The Labute approximate surface area is 170 Å². The van der Waals surface area contributed by atoms with Crippen molar-refractivity contribution in [1.29, 1.82) is 0 Å². The number of aryl methyl sites for hydroxylation is 1. The molecule has 5 heteroatoms. The summed E-state index contributed by atoms with van der Waals surface area (Å²) in [6.45, 7) is 6.51. The summed E-state index contributed by atoms with van der Waals surface area (Å²) in [5.41, 5.74) is 9.46. The Morgan fingerprint density at radius 2 is 1.75 bits per heavy atom. The summed E-state index contributed by atoms with van der Waals surface area (Å²) in [6, 6.07) is 8.18. The number of nitrogens with two attached hydrogens (primary N) is 1. The van der Waals surface area contributed by atoms with Crippen LogP contribution in [0.4, 0.5) is 5.00 Å². The maximum absolute atomic E-state index is 12.4. The molecule has 1 aromatic heterocycles. The van der Waals surface area contributed by atoms with Crippen molar-refractivity contribution in [1.82, 2.24) is 0 Å². The Bertz CT molecular complexity index is 902. The Balaban J connectivity index is 1.74. The molecule has 2 aromatic rings. The number of amides is 2. The highest BCUT2D eigenvalue weighted by atomic mass is 32.1. The first kappa shape index (κ1) is 20.3. The maximum Gasteiger partial charge on any atom is 0.251 e. The molecule has 0 atom stereocenters. The number of hydrogen-bond donors (Lipinski definition) is 2. The van der Waals surface area contributed by atoms with Crippen molar-refractivity contribution in [2.45, 2.75) is 58.3 Å². The minimum Gasteiger partial charge on any atom is -0.365 e. The topological polar surface area (TPSA) is 72.2 Å². The van der Waals surface area contributed by atoms with Crippen molar-refractivity contribution >= 4 is 34.2 Å². The molecule has 0 aliphatic heterocycles. The van der Waals surface area contributed by atoms with Gasteiger partial charge in [0.15, 0.2) is 0 Å². The first-order valence-electron chi connectivity index (χ1n) is 9.79. The van der Waals surface area contributed by atoms with Crippen LogP contribution in [0.25, 0.3) is 6.08 Å². The van der Waals surface area contributed by atoms with E-state index in [-0.39, 0.29) is 11.3 Å². The predicted molar refractivity (Wildman–Crippen MR) is 117 cm³/mol. The highest BCUT2D eigenvalue weighted by Gasteiger charge is 2.23. The van der Waals surface area contributed by atoms with Crippen molar-refractivity contribution < 1.29 is 9.59 Å². The van der Waals surface area contributed by atoms with E-state index >= 15 is 0 Å². The van der Waals surface area contributed by atoms with E-state index in [1.165, 1.54) is 27.9 Å². The number of nitrogens with one attached hydrogen (secondary N) is 1. The summed E-state index contributed by atoms with van der Waals surface area (Å²) in [6.07, 6.45) is 8.43. The smallest absolute Gasteiger partial charge is 0.251 e. The van der Waals surface area contributed by atoms with Crippen LogP contribution in [0.15, 0.2) is 30.3 Å². The van der Waals surface area contributed by atoms with E-state index in [2.05, 4.69) is 38.2 Å². The Morgan fingerprint density at radius 3 is 2.39 bits per heavy atom. The monoisotopic (exact) mass is 396 g/mol. The standard InChI is InChI=1S/C23H28N2O2S/c1-23(2,3)16-12-9-15(10-13-16)11-14-19(26)25-22-20(21(24)27)17-7-5-4-6-8-18(17)28-22/h9-14H,4-8H2,1-3H3,(H2,24,27)(H,25,26)/b14-11+. The van der Waals surface area contributed by atoms with Crippen LogP contribution in [-0.2, 0) is 23.1 Å². The van der Waals surface area contributed by atoms with Gasteiger partial charge >= 0.3 is 0 Å². The molecular weight excluding hydrogens is 368 g/mol. The van der Waals surface area contributed by atoms with Crippen molar-refractivity contribution in [3.05, 3.63) is 57.5 Å². The molecule has 28 heavy (non-hydrogen) atoms. The average molecular weight is 397 g/mol. The van der Waals surface area contributed by atoms with E-state index in [1.807, 2.05) is 12.1 Å². The van der Waals surface area contributed by atoms with Gasteiger partial charge in [-0.1, -0.05) is 51.5 Å². The SMILES string of the molecule is CC(C)(C)c1ccc(/C=C/C(=O)Nc2sc3c(c2C(N)=O)CCCCC3)cc1. The van der Waals surface area contributed by atoms with E-state index < -0.39 is 5.91 Å². The number of rotatable bonds is 4. The van der Waals surface area contributed by atoms with Crippen LogP contribution in [0.3, 0.4) is 0 Å². The van der Waals surface area contributed by atoms with Crippen molar-refractivity contribution in [2.75, 3.05) is 5.32 Å². The van der Waals surface area contributed by atoms with Gasteiger partial charge in [0.2, 0.25) is 5.91 Å². The molecule has 1 heterocycles. The Hall–Kier alpha value is -2.40. The van der Waals surface area contributed by atoms with Crippen molar-refractivity contribution in [3.63, 3.8) is 0 Å². The van der Waals surface area contributed by atoms with Crippen LogP contribution in [0.5, 0.6) is 0 Å². The van der Waals surface area contributed by atoms with Gasteiger partial charge in [-0.05, 0) is 53.9 Å². The molecule has 3 N–H and O–H groups in total. The van der Waals surface area contributed by atoms with Crippen molar-refractivity contribution in [2.24, 2.45) is 5.73 Å². The molecule has 3 rings (SSSR count). The lowest BCUT2D eigenvalue weighted by Gasteiger charge is -2.18. The van der Waals surface area contributed by atoms with Gasteiger partial charge in [-0.15, -0.1) is 11.3 Å². The minimum absolute atomic E-state index is 0.0992. The molecule has 1 aliphatic carbocycles. The molecule has 0 fully saturated rings. The maximum atomic E-state index is 12.4. The predicted octanol–water partition coefficient (Wildman–Crippen LogP) is 5.07. The zero-order chi connectivity index (χ0) is 20.3. The van der Waals surface area contributed by atoms with E-state index in [9.17, 15) is 9.59 Å². The van der Waals surface area contributed by atoms with E-state index in [4.69, 9.17) is 5.73 Å². The zero-order valence-electron chi connectivity index (χ0n) is 16.8. The highest BCUT2D eigenvalue weighted by Crippen LogP contribution is 2.37. The highest BCUT2D eigenvalue weighted by molar-refractivity contribution is 7.17. The molecule has 4 nitrogen and oxygen atoms in total. The third-order valence-corrected chi connectivity index (χ3v) is 6.32. The summed E-state index contributed by atoms with van der Waals surface area (Å²) in [5, 5.41) is 3.45. The molecule has 1 aliphatic rings. The van der Waals surface area contributed by atoms with Gasteiger partial charge in [-0.2, -0.15) is 0 Å². The molecule has 0 bridgehead atoms. The van der Waals surface area contributed by atoms with E-state index in [0.717, 1.165) is 43.2 Å². The Kier molecular flexibility index (Phi) is 6.04. The molecule has 0 spiro atoms. The molecule has 1 aromatic carbocycles. The quantitative estimate of drug-likeness (QED) is 0.560. The number of anilines is 1. The van der Waals surface area contributed by atoms with E-state index in [0.29, 0.717) is 10.6 Å². The summed E-state index contributed by atoms with van der Waals surface area (Å²) in [5.74, 6) is -0.713. The number of carbonyl (C=O) groups excluding carboxylic acids is 2. The third-order valence-electron chi connectivity index (χ3n) is 5.11. The molecule has 0 unspecified atom stereocenters. The first-order chi connectivity index (χ1) is 13.3. The van der Waals surface area contributed by atoms with Crippen LogP contribution in [-0.4, -0.2) is 11.8 Å². The number of carbonyl (C=O) groups is 2. The normalized spacial score (nSPS) is 14.5. The van der Waals surface area contributed by atoms with Crippen LogP contribution >= 0.6 is 11.3 Å². The molecule has 0 saturated carbocycles. The van der Waals surface area contributed by atoms with Gasteiger partial charge in [0, 0.05) is 11.0 Å². The second-order valence-electron chi connectivity index (χ2n) is 8.33. The molecule has 148 valence electrons. The average Bonchev–Trinajstić information content (AvgIpc) is 2.80. The fourth-order valence-electron chi connectivity index (χ4n) is 3.51. The molecular formula is C23H28N2O2S. The van der Waals surface area contributed by atoms with Gasteiger partial charge in [0.1, 0.15) is 5.00 Å². The number of primary amides is 1. The minimum atomic E-state index is -0.462. The number of benzene rings is 1. The van der Waals surface area contributed by atoms with E-state index in [1.54, 1.807) is 6.08 Å². The van der Waals surface area contributed by atoms with Gasteiger partial charge in [-0.3, -0.25) is 9.59 Å². The van der Waals surface area contributed by atoms with Gasteiger partial charge in [0.05, 0.1) is 5.56 Å². The number of thiophene rings is 1. The van der Waals surface area contributed by atoms with Crippen LogP contribution < -0.4 is 11.1 Å². The number of fused-ring (bicyclic) bond motifs is 1. The van der Waals surface area contributed by atoms with Crippen LogP contribution in [0.2, 0.25) is 0 Å². The summed E-state index contributed by atoms with van der Waals surface area (Å²) in [4.78, 5) is 25.6. The van der Waals surface area contributed by atoms with Crippen LogP contribution in [0.1, 0.15) is 72.0 Å². The molecule has 0 saturated heterocycles. The fraction of sp³-hybridized carbons (Fsp3) is 0.391. The summed E-state index contributed by atoms with van der Waals surface area (Å²) < 4.78 is 0. The molecule has 2 amide bonds. The summed E-state index contributed by atoms with van der Waals surface area (Å²) >= 11 is 1.49. The summed E-state index contributed by atoms with van der Waals surface area (Å²) in [7, 11) is 0. The second-order valence-corrected chi connectivity index (χ2v) is 9.43. The Morgan fingerprint density at radius 1 is 1.07 bits per heavy atom. The largest absolute Gasteiger partial charge is 0.365 e. The fourth-order valence-corrected chi connectivity index (χ4v) is 4.81. The van der Waals surface area contributed by atoms with Crippen molar-refractivity contribution in [3.8, 4) is 0 Å². The lowest BCUT2D eigenvalue weighted by Crippen LogP contribution is -2.17. The second kappa shape index (κ2) is 8.31. The zero-order valence-corrected chi connectivity index (χ0v) is 17.6.